The van der Waals surface area contributed by atoms with Gasteiger partial charge < -0.3 is 10.1 Å². The molecule has 0 spiro atoms. The number of ether oxygens (including phenoxy) is 1. The van der Waals surface area contributed by atoms with Gasteiger partial charge in [0.25, 0.3) is 5.56 Å². The first-order valence-corrected chi connectivity index (χ1v) is 7.27. The third-order valence-electron chi connectivity index (χ3n) is 2.52. The molecule has 2 rings (SSSR count). The van der Waals surface area contributed by atoms with Crippen LogP contribution in [0.15, 0.2) is 46.1 Å². The van der Waals surface area contributed by atoms with Crippen LogP contribution in [0.3, 0.4) is 0 Å². The minimum absolute atomic E-state index is 0.149. The molecule has 0 fully saturated rings. The van der Waals surface area contributed by atoms with Crippen molar-refractivity contribution in [2.24, 2.45) is 0 Å². The number of nitrogens with one attached hydrogen (secondary N) is 2. The first-order valence-electron chi connectivity index (χ1n) is 6.29. The highest BCUT2D eigenvalue weighted by molar-refractivity contribution is 7.98. The summed E-state index contributed by atoms with van der Waals surface area (Å²) < 4.78 is 4.94. The zero-order chi connectivity index (χ0) is 14.2. The number of hydrogen-bond acceptors (Lipinski definition) is 5. The molecule has 0 amide bonds. The molecule has 0 saturated carbocycles. The van der Waals surface area contributed by atoms with Crippen LogP contribution in [0, 0.1) is 0 Å². The second kappa shape index (κ2) is 7.72. The fourth-order valence-electron chi connectivity index (χ4n) is 1.61. The van der Waals surface area contributed by atoms with Gasteiger partial charge in [0, 0.05) is 30.4 Å². The molecule has 2 aromatic rings. The van der Waals surface area contributed by atoms with E-state index in [2.05, 4.69) is 15.3 Å². The predicted molar refractivity (Wildman–Crippen MR) is 81.2 cm³/mol. The van der Waals surface area contributed by atoms with Crippen LogP contribution in [0.2, 0.25) is 0 Å². The number of aromatic nitrogens is 2. The highest BCUT2D eigenvalue weighted by Crippen LogP contribution is 2.20. The van der Waals surface area contributed by atoms with Crippen molar-refractivity contribution in [2.45, 2.75) is 10.6 Å². The third-order valence-corrected chi connectivity index (χ3v) is 3.57. The Bertz CT molecular complexity index is 586. The van der Waals surface area contributed by atoms with E-state index in [1.54, 1.807) is 18.9 Å². The van der Waals surface area contributed by atoms with Gasteiger partial charge in [0.05, 0.1) is 12.3 Å². The number of nitrogens with zero attached hydrogens (tertiary/aromatic N) is 1. The minimum atomic E-state index is -0.149. The fraction of sp³-hybridized carbons (Fsp3) is 0.286. The standard InChI is InChI=1S/C14H17N3O2S/c1-19-8-7-15-14-16-11(9-13(18)17-14)10-20-12-5-3-2-4-6-12/h2-6,9H,7-8,10H2,1H3,(H2,15,16,17,18). The van der Waals surface area contributed by atoms with Crippen molar-refractivity contribution in [3.8, 4) is 0 Å². The van der Waals surface area contributed by atoms with Crippen LogP contribution in [0.25, 0.3) is 0 Å². The van der Waals surface area contributed by atoms with Gasteiger partial charge in [-0.15, -0.1) is 11.8 Å². The molecule has 0 unspecified atom stereocenters. The van der Waals surface area contributed by atoms with Crippen LogP contribution in [0.1, 0.15) is 5.69 Å². The Labute approximate surface area is 121 Å². The van der Waals surface area contributed by atoms with Gasteiger partial charge >= 0.3 is 0 Å². The number of methoxy groups -OCH3 is 1. The number of aromatic amines is 1. The van der Waals surface area contributed by atoms with Gasteiger partial charge in [-0.1, -0.05) is 18.2 Å². The molecule has 1 heterocycles. The molecule has 0 radical (unpaired) electrons. The van der Waals surface area contributed by atoms with Crippen LogP contribution in [-0.2, 0) is 10.5 Å². The van der Waals surface area contributed by atoms with E-state index in [4.69, 9.17) is 4.74 Å². The Balaban J connectivity index is 1.98. The van der Waals surface area contributed by atoms with Gasteiger partial charge in [-0.05, 0) is 12.1 Å². The van der Waals surface area contributed by atoms with Crippen molar-refractivity contribution < 1.29 is 4.74 Å². The highest BCUT2D eigenvalue weighted by atomic mass is 32.2. The minimum Gasteiger partial charge on any atom is -0.383 e. The third kappa shape index (κ3) is 4.71. The number of H-pyrrole nitrogens is 1. The van der Waals surface area contributed by atoms with E-state index >= 15 is 0 Å². The Kier molecular flexibility index (Phi) is 5.64. The van der Waals surface area contributed by atoms with E-state index in [1.807, 2.05) is 30.3 Å². The smallest absolute Gasteiger partial charge is 0.252 e. The Morgan fingerprint density at radius 1 is 1.35 bits per heavy atom. The lowest BCUT2D eigenvalue weighted by molar-refractivity contribution is 0.210. The summed E-state index contributed by atoms with van der Waals surface area (Å²) in [4.78, 5) is 19.8. The summed E-state index contributed by atoms with van der Waals surface area (Å²) >= 11 is 1.65. The quantitative estimate of drug-likeness (QED) is 0.604. The lowest BCUT2D eigenvalue weighted by Crippen LogP contribution is -2.16. The van der Waals surface area contributed by atoms with Gasteiger partial charge in [-0.3, -0.25) is 9.78 Å². The second-order valence-corrected chi connectivity index (χ2v) is 5.16. The Morgan fingerprint density at radius 3 is 2.90 bits per heavy atom. The maximum absolute atomic E-state index is 11.6. The summed E-state index contributed by atoms with van der Waals surface area (Å²) in [7, 11) is 1.63. The fourth-order valence-corrected chi connectivity index (χ4v) is 2.42. The number of rotatable bonds is 7. The van der Waals surface area contributed by atoms with Crippen molar-refractivity contribution >= 4 is 17.7 Å². The first-order chi connectivity index (χ1) is 9.78. The van der Waals surface area contributed by atoms with E-state index in [1.165, 1.54) is 6.07 Å². The van der Waals surface area contributed by atoms with Crippen molar-refractivity contribution in [2.75, 3.05) is 25.6 Å². The van der Waals surface area contributed by atoms with Crippen molar-refractivity contribution in [1.29, 1.82) is 0 Å². The summed E-state index contributed by atoms with van der Waals surface area (Å²) in [6.07, 6.45) is 0. The summed E-state index contributed by atoms with van der Waals surface area (Å²) in [5, 5.41) is 3.02. The molecule has 5 nitrogen and oxygen atoms in total. The molecule has 106 valence electrons. The average molecular weight is 291 g/mol. The molecule has 2 N–H and O–H groups in total. The van der Waals surface area contributed by atoms with Crippen LogP contribution in [-0.4, -0.2) is 30.2 Å². The number of anilines is 1. The molecule has 0 saturated heterocycles. The topological polar surface area (TPSA) is 67.0 Å². The predicted octanol–water partition coefficient (Wildman–Crippen LogP) is 2.12. The number of thioether (sulfide) groups is 1. The lowest BCUT2D eigenvalue weighted by Gasteiger charge is -2.06. The van der Waals surface area contributed by atoms with Crippen LogP contribution >= 0.6 is 11.8 Å². The SMILES string of the molecule is COCCNc1nc(CSc2ccccc2)cc(=O)[nH]1. The molecule has 1 aromatic heterocycles. The molecular weight excluding hydrogens is 274 g/mol. The summed E-state index contributed by atoms with van der Waals surface area (Å²) in [6, 6.07) is 11.6. The summed E-state index contributed by atoms with van der Waals surface area (Å²) in [5.41, 5.74) is 0.603. The monoisotopic (exact) mass is 291 g/mol. The summed E-state index contributed by atoms with van der Waals surface area (Å²) in [5.74, 6) is 1.14. The van der Waals surface area contributed by atoms with Crippen molar-refractivity contribution in [1.82, 2.24) is 9.97 Å². The van der Waals surface area contributed by atoms with Crippen LogP contribution in [0.5, 0.6) is 0 Å². The molecule has 20 heavy (non-hydrogen) atoms. The van der Waals surface area contributed by atoms with Crippen LogP contribution < -0.4 is 10.9 Å². The molecule has 0 aliphatic carbocycles. The van der Waals surface area contributed by atoms with E-state index in [0.717, 1.165) is 10.6 Å². The Hall–Kier alpha value is -1.79. The number of hydrogen-bond donors (Lipinski definition) is 2. The number of benzene rings is 1. The molecule has 0 aliphatic rings. The van der Waals surface area contributed by atoms with Crippen molar-refractivity contribution in [3.05, 3.63) is 52.4 Å². The second-order valence-electron chi connectivity index (χ2n) is 4.11. The molecular formula is C14H17N3O2S. The van der Waals surface area contributed by atoms with E-state index in [-0.39, 0.29) is 5.56 Å². The largest absolute Gasteiger partial charge is 0.383 e. The maximum atomic E-state index is 11.6. The molecule has 6 heteroatoms. The van der Waals surface area contributed by atoms with Gasteiger partial charge in [0.1, 0.15) is 0 Å². The first kappa shape index (κ1) is 14.6. The molecule has 0 bridgehead atoms. The highest BCUT2D eigenvalue weighted by Gasteiger charge is 2.02. The molecule has 1 aromatic carbocycles. The van der Waals surface area contributed by atoms with Gasteiger partial charge in [0.15, 0.2) is 0 Å². The van der Waals surface area contributed by atoms with Gasteiger partial charge in [-0.25, -0.2) is 4.98 Å². The zero-order valence-electron chi connectivity index (χ0n) is 11.3. The summed E-state index contributed by atoms with van der Waals surface area (Å²) in [6.45, 7) is 1.17. The van der Waals surface area contributed by atoms with E-state index < -0.39 is 0 Å². The molecule has 0 aliphatic heterocycles. The van der Waals surface area contributed by atoms with Gasteiger partial charge in [-0.2, -0.15) is 0 Å². The average Bonchev–Trinajstić information content (AvgIpc) is 2.46. The normalized spacial score (nSPS) is 10.4. The van der Waals surface area contributed by atoms with Crippen LogP contribution in [0.4, 0.5) is 5.95 Å². The van der Waals surface area contributed by atoms with Crippen molar-refractivity contribution in [3.63, 3.8) is 0 Å². The maximum Gasteiger partial charge on any atom is 0.252 e. The lowest BCUT2D eigenvalue weighted by atomic mass is 10.4. The zero-order valence-corrected chi connectivity index (χ0v) is 12.1. The van der Waals surface area contributed by atoms with Gasteiger partial charge in [0.2, 0.25) is 5.95 Å². The van der Waals surface area contributed by atoms with E-state index in [9.17, 15) is 4.79 Å². The molecule has 0 atom stereocenters. The Morgan fingerprint density at radius 2 is 2.15 bits per heavy atom. The van der Waals surface area contributed by atoms with E-state index in [0.29, 0.717) is 24.9 Å².